The minimum atomic E-state index is -1.49. The van der Waals surface area contributed by atoms with E-state index in [0.29, 0.717) is 18.3 Å². The first-order valence-corrected chi connectivity index (χ1v) is 25.4. The zero-order valence-corrected chi connectivity index (χ0v) is 47.9. The van der Waals surface area contributed by atoms with Crippen molar-refractivity contribution in [1.82, 2.24) is 0 Å². The topological polar surface area (TPSA) is 193 Å². The third kappa shape index (κ3) is 19.2. The minimum absolute atomic E-state index is 0. The monoisotopic (exact) mass is 1050 g/mol. The molecule has 5 aliphatic rings. The van der Waals surface area contributed by atoms with Gasteiger partial charge in [-0.2, -0.15) is 0 Å². The molecule has 0 aromatic carbocycles. The molecule has 15 nitrogen and oxygen atoms in total. The zero-order chi connectivity index (χ0) is 55.1. The Hall–Kier alpha value is -5.51. The minimum Gasteiger partial charge on any atom is -1.00 e. The van der Waals surface area contributed by atoms with Gasteiger partial charge in [-0.15, -0.1) is 26.3 Å². The average molecular weight is 1060 g/mol. The van der Waals surface area contributed by atoms with Crippen LogP contribution in [0.1, 0.15) is 104 Å². The Balaban J connectivity index is 0.00000101. The van der Waals surface area contributed by atoms with Crippen LogP contribution in [0.25, 0.3) is 0 Å². The molecule has 16 heteroatoms. The fraction of sp³-hybridized carbons (Fsp3) is 0.542. The van der Waals surface area contributed by atoms with Crippen LogP contribution in [0.3, 0.4) is 0 Å². The first kappa shape index (κ1) is 67.5. The molecule has 5 atom stereocenters. The molecular formula is C59H83NaO15. The van der Waals surface area contributed by atoms with Gasteiger partial charge in [0.2, 0.25) is 0 Å². The van der Waals surface area contributed by atoms with Gasteiger partial charge in [0.05, 0.1) is 49.8 Å². The molecule has 2 fully saturated rings. The van der Waals surface area contributed by atoms with Gasteiger partial charge >= 0.3 is 71.5 Å². The smallest absolute Gasteiger partial charge is 1.00 e. The van der Waals surface area contributed by atoms with Crippen LogP contribution in [0.4, 0.5) is 4.79 Å². The van der Waals surface area contributed by atoms with Gasteiger partial charge in [-0.25, -0.2) is 4.79 Å². The van der Waals surface area contributed by atoms with E-state index < -0.39 is 64.6 Å². The summed E-state index contributed by atoms with van der Waals surface area (Å²) in [7, 11) is 8.94. The van der Waals surface area contributed by atoms with Gasteiger partial charge < -0.3 is 39.3 Å². The molecule has 2 saturated carbocycles. The van der Waals surface area contributed by atoms with Gasteiger partial charge in [0.1, 0.15) is 6.61 Å². The van der Waals surface area contributed by atoms with Crippen LogP contribution in [0.15, 0.2) is 122 Å². The van der Waals surface area contributed by atoms with E-state index >= 15 is 0 Å². The Morgan fingerprint density at radius 2 is 1.28 bits per heavy atom. The Kier molecular flexibility index (Phi) is 32.8. The van der Waals surface area contributed by atoms with Crippen molar-refractivity contribution in [2.24, 2.45) is 46.3 Å². The van der Waals surface area contributed by atoms with Gasteiger partial charge in [-0.1, -0.05) is 96.1 Å². The molecule has 75 heavy (non-hydrogen) atoms. The number of esters is 6. The zero-order valence-electron chi connectivity index (χ0n) is 46.9. The Bertz CT molecular complexity index is 2090. The molecule has 0 saturated heterocycles. The largest absolute Gasteiger partial charge is 1.00 e. The summed E-state index contributed by atoms with van der Waals surface area (Å²) < 4.78 is 37.6. The molecule has 4 unspecified atom stereocenters. The molecule has 0 aromatic rings. The van der Waals surface area contributed by atoms with Crippen LogP contribution in [0.2, 0.25) is 0 Å². The molecule has 0 N–H and O–H groups in total. The summed E-state index contributed by atoms with van der Waals surface area (Å²) in [4.78, 5) is 82.4. The van der Waals surface area contributed by atoms with E-state index in [4.69, 9.17) is 18.9 Å². The quantitative estimate of drug-likeness (QED) is 0.0301. The molecule has 0 bridgehead atoms. The number of hydrogen-bond donors (Lipinski definition) is 0. The third-order valence-corrected chi connectivity index (χ3v) is 14.2. The number of carbonyl (C=O) groups is 7. The number of rotatable bonds is 19. The van der Waals surface area contributed by atoms with Crippen LogP contribution in [-0.2, 0) is 66.7 Å². The van der Waals surface area contributed by atoms with Crippen LogP contribution < -0.4 is 29.6 Å². The molecule has 0 radical (unpaired) electrons. The molecule has 0 amide bonds. The summed E-state index contributed by atoms with van der Waals surface area (Å²) in [6.07, 6.45) is 40.2. The fourth-order valence-corrected chi connectivity index (χ4v) is 10.4. The second-order valence-corrected chi connectivity index (χ2v) is 18.5. The maximum absolute atomic E-state index is 12.6. The fourth-order valence-electron chi connectivity index (χ4n) is 10.4. The van der Waals surface area contributed by atoms with Crippen molar-refractivity contribution in [3.8, 4) is 0 Å². The van der Waals surface area contributed by atoms with Gasteiger partial charge in [-0.05, 0) is 120 Å². The summed E-state index contributed by atoms with van der Waals surface area (Å²) in [6, 6.07) is 0. The molecule has 0 heterocycles. The Morgan fingerprint density at radius 1 is 0.707 bits per heavy atom. The summed E-state index contributed by atoms with van der Waals surface area (Å²) in [5.41, 5.74) is 1.41. The van der Waals surface area contributed by atoms with Crippen molar-refractivity contribution < 1.29 is 102 Å². The molecule has 5 rings (SSSR count). The normalized spacial score (nSPS) is 20.6. The van der Waals surface area contributed by atoms with E-state index in [9.17, 15) is 33.6 Å². The van der Waals surface area contributed by atoms with E-state index in [1.54, 1.807) is 18.2 Å². The Morgan fingerprint density at radius 3 is 1.75 bits per heavy atom. The summed E-state index contributed by atoms with van der Waals surface area (Å²) >= 11 is 0. The van der Waals surface area contributed by atoms with Crippen molar-refractivity contribution in [2.75, 3.05) is 56.4 Å². The van der Waals surface area contributed by atoms with Crippen LogP contribution in [-0.4, -0.2) is 98.3 Å². The summed E-state index contributed by atoms with van der Waals surface area (Å²) in [5.74, 6) is -3.96. The number of ether oxygens (including phenoxy) is 8. The van der Waals surface area contributed by atoms with E-state index in [-0.39, 0.29) is 62.3 Å². The van der Waals surface area contributed by atoms with Gasteiger partial charge in [0.15, 0.2) is 16.7 Å². The van der Waals surface area contributed by atoms with Crippen LogP contribution in [0, 0.1) is 46.3 Å². The van der Waals surface area contributed by atoms with Crippen molar-refractivity contribution in [2.45, 2.75) is 103 Å². The summed E-state index contributed by atoms with van der Waals surface area (Å²) in [6.45, 7) is 15.0. The molecular weight excluding hydrogens is 972 g/mol. The predicted molar refractivity (Wildman–Crippen MR) is 284 cm³/mol. The van der Waals surface area contributed by atoms with Gasteiger partial charge in [-0.3, -0.25) is 28.8 Å². The van der Waals surface area contributed by atoms with E-state index in [1.165, 1.54) is 130 Å². The van der Waals surface area contributed by atoms with Crippen LogP contribution >= 0.6 is 0 Å². The van der Waals surface area contributed by atoms with Crippen LogP contribution in [0.5, 0.6) is 0 Å². The van der Waals surface area contributed by atoms with E-state index in [1.807, 2.05) is 24.3 Å². The SMILES string of the molecule is C=CCC(C(=O)OC)(C(=O)OC)C(C=C)/C=C/C1=CCCCC1.C=CCC(C(=O)OC)C(=O)OC.C=C[C@@H]1C2C=C3CCCCC3CC2CC1(C(=O)OC)C(=O)OC.COC(=O)OC/C=C/C=C/C1=CCCCC1.[H-].[Na+]. The average Bonchev–Trinajstić information content (AvgIpc) is 3.77. The molecule has 0 aromatic heterocycles. The summed E-state index contributed by atoms with van der Waals surface area (Å²) in [5, 5.41) is 0. The molecule has 0 aliphatic heterocycles. The number of methoxy groups -OCH3 is 7. The van der Waals surface area contributed by atoms with Gasteiger partial charge in [0, 0.05) is 11.8 Å². The maximum Gasteiger partial charge on any atom is 1.00 e. The second kappa shape index (κ2) is 36.5. The molecule has 410 valence electrons. The van der Waals surface area contributed by atoms with Crippen molar-refractivity contribution in [3.05, 3.63) is 122 Å². The maximum atomic E-state index is 12.6. The Labute approximate surface area is 469 Å². The molecule has 0 spiro atoms. The number of carbonyl (C=O) groups excluding carboxylic acids is 7. The standard InChI is InChI=1S/2C19H26O4.C13H18O3.C8H12O4.Na.H/c1-4-16-15-10-13-8-6-5-7-12(13)9-14(15)11-19(16,17(20)22-2)18(21)23-3;1-5-14-19(17(20)22-3,18(21)23-4)16(6-2)13-12-15-10-8-7-9-11-15;1-15-13(14)16-11-7-3-6-10-12-8-4-2-5-9-12;1-4-5-6(7(9)11-2)8(10)12-3;;/h4,10,12,14-16H,1,5-9,11H2,2-3H3;5-6,10,12-13,16H,1-2,7-9,11,14H2,3-4H3;3,6-8,10H,2,4-5,9,11H2,1H3;4,6H,1,5H2,2-3H3;;/q;;;;+1;-1/b;13-12+;7-3+,10-6+;;;/t12?,14?,15?,16-;;;;;/m1...../s1. The second-order valence-electron chi connectivity index (χ2n) is 18.5. The third-order valence-electron chi connectivity index (χ3n) is 14.2. The number of fused-ring (bicyclic) bond motifs is 2. The first-order valence-electron chi connectivity index (χ1n) is 25.4. The predicted octanol–water partition coefficient (Wildman–Crippen LogP) is 8.05. The van der Waals surface area contributed by atoms with Crippen molar-refractivity contribution >= 4 is 42.0 Å². The van der Waals surface area contributed by atoms with Crippen molar-refractivity contribution in [3.63, 3.8) is 0 Å². The van der Waals surface area contributed by atoms with E-state index in [0.717, 1.165) is 32.1 Å². The van der Waals surface area contributed by atoms with Crippen molar-refractivity contribution in [1.29, 1.82) is 0 Å². The van der Waals surface area contributed by atoms with Gasteiger partial charge in [0.25, 0.3) is 0 Å². The first-order chi connectivity index (χ1) is 35.6. The number of hydrogen-bond acceptors (Lipinski definition) is 15. The number of allylic oxidation sites excluding steroid dienone is 15. The van der Waals surface area contributed by atoms with E-state index in [2.05, 4.69) is 69.6 Å². The molecule has 5 aliphatic carbocycles.